The van der Waals surface area contributed by atoms with Crippen LogP contribution in [0.3, 0.4) is 0 Å². The highest BCUT2D eigenvalue weighted by Gasteiger charge is 2.16. The van der Waals surface area contributed by atoms with Crippen LogP contribution in [0.2, 0.25) is 10.0 Å². The summed E-state index contributed by atoms with van der Waals surface area (Å²) in [6, 6.07) is 5.34. The van der Waals surface area contributed by atoms with Crippen molar-refractivity contribution in [2.75, 3.05) is 5.73 Å². The number of imidazole rings is 1. The van der Waals surface area contributed by atoms with Gasteiger partial charge in [-0.05, 0) is 25.1 Å². The maximum absolute atomic E-state index is 6.10. The molecule has 1 aromatic carbocycles. The minimum atomic E-state index is 0.431. The predicted octanol–water partition coefficient (Wildman–Crippen LogP) is 4.01. The van der Waals surface area contributed by atoms with Gasteiger partial charge in [-0.2, -0.15) is 0 Å². The molecule has 0 amide bonds. The van der Waals surface area contributed by atoms with Gasteiger partial charge < -0.3 is 10.3 Å². The molecule has 0 saturated carbocycles. The molecule has 0 fully saturated rings. The summed E-state index contributed by atoms with van der Waals surface area (Å²) in [5.74, 6) is 0.748. The quantitative estimate of drug-likeness (QED) is 0.728. The van der Waals surface area contributed by atoms with Gasteiger partial charge in [0.1, 0.15) is 11.3 Å². The lowest BCUT2D eigenvalue weighted by molar-refractivity contribution is 0.796. The van der Waals surface area contributed by atoms with Crippen LogP contribution in [-0.2, 0) is 6.54 Å². The van der Waals surface area contributed by atoms with Crippen molar-refractivity contribution in [2.24, 2.45) is 0 Å². The van der Waals surface area contributed by atoms with Crippen molar-refractivity contribution in [2.45, 2.75) is 13.5 Å². The van der Waals surface area contributed by atoms with Crippen molar-refractivity contribution in [3.8, 4) is 11.4 Å². The number of aromatic nitrogens is 3. The number of hydrogen-bond donors (Lipinski definition) is 1. The second kappa shape index (κ2) is 4.96. The molecule has 2 aromatic heterocycles. The van der Waals surface area contributed by atoms with E-state index < -0.39 is 0 Å². The van der Waals surface area contributed by atoms with Crippen LogP contribution in [0, 0.1) is 0 Å². The van der Waals surface area contributed by atoms with Crippen LogP contribution in [-0.4, -0.2) is 14.5 Å². The van der Waals surface area contributed by atoms with Crippen LogP contribution in [0.15, 0.2) is 30.6 Å². The summed E-state index contributed by atoms with van der Waals surface area (Å²) in [6.45, 7) is 2.81. The third-order valence-corrected chi connectivity index (χ3v) is 3.73. The van der Waals surface area contributed by atoms with E-state index in [2.05, 4.69) is 14.5 Å². The summed E-state index contributed by atoms with van der Waals surface area (Å²) in [6.07, 6.45) is 3.47. The largest absolute Gasteiger partial charge is 0.397 e. The van der Waals surface area contributed by atoms with Crippen molar-refractivity contribution >= 4 is 39.9 Å². The van der Waals surface area contributed by atoms with Crippen molar-refractivity contribution in [1.29, 1.82) is 0 Å². The lowest BCUT2D eigenvalue weighted by Gasteiger charge is -2.10. The number of halogens is 2. The number of rotatable bonds is 2. The van der Waals surface area contributed by atoms with Crippen LogP contribution < -0.4 is 5.73 Å². The second-order valence-electron chi connectivity index (χ2n) is 4.39. The molecule has 20 heavy (non-hydrogen) atoms. The summed E-state index contributed by atoms with van der Waals surface area (Å²) in [4.78, 5) is 8.69. The summed E-state index contributed by atoms with van der Waals surface area (Å²) in [7, 11) is 0. The number of nitrogens with two attached hydrogens (primary N) is 1. The number of anilines is 1. The van der Waals surface area contributed by atoms with Gasteiger partial charge in [-0.1, -0.05) is 23.2 Å². The Morgan fingerprint density at radius 1 is 1.30 bits per heavy atom. The molecule has 2 N–H and O–H groups in total. The fourth-order valence-electron chi connectivity index (χ4n) is 2.28. The number of pyridine rings is 1. The van der Waals surface area contributed by atoms with Crippen LogP contribution >= 0.6 is 23.2 Å². The standard InChI is InChI=1S/C14H12Cl2N4/c1-2-20-12-3-4-18-7-11(12)19-14(20)9-5-8(15)6-10(16)13(9)17/h3-7H,2,17H2,1H3. The zero-order valence-electron chi connectivity index (χ0n) is 10.8. The molecule has 3 aromatic rings. The van der Waals surface area contributed by atoms with Crippen molar-refractivity contribution in [3.63, 3.8) is 0 Å². The highest BCUT2D eigenvalue weighted by molar-refractivity contribution is 6.37. The predicted molar refractivity (Wildman–Crippen MR) is 83.1 cm³/mol. The fourth-order valence-corrected chi connectivity index (χ4v) is 2.77. The smallest absolute Gasteiger partial charge is 0.143 e. The Morgan fingerprint density at radius 3 is 2.85 bits per heavy atom. The van der Waals surface area contributed by atoms with Crippen molar-refractivity contribution < 1.29 is 0 Å². The zero-order valence-corrected chi connectivity index (χ0v) is 12.3. The Balaban J connectivity index is 2.35. The Bertz CT molecular complexity index is 795. The SMILES string of the molecule is CCn1c(-c2cc(Cl)cc(Cl)c2N)nc2cnccc21. The molecular weight excluding hydrogens is 295 g/mol. The van der Waals surface area contributed by atoms with Gasteiger partial charge in [-0.25, -0.2) is 4.98 Å². The highest BCUT2D eigenvalue weighted by Crippen LogP contribution is 2.35. The molecule has 0 aliphatic carbocycles. The number of nitrogen functional groups attached to an aromatic ring is 1. The van der Waals surface area contributed by atoms with Crippen LogP contribution in [0.5, 0.6) is 0 Å². The monoisotopic (exact) mass is 306 g/mol. The maximum Gasteiger partial charge on any atom is 0.143 e. The van der Waals surface area contributed by atoms with E-state index in [4.69, 9.17) is 28.9 Å². The highest BCUT2D eigenvalue weighted by atomic mass is 35.5. The van der Waals surface area contributed by atoms with E-state index in [1.165, 1.54) is 0 Å². The first kappa shape index (κ1) is 13.2. The molecule has 6 heteroatoms. The van der Waals surface area contributed by atoms with Gasteiger partial charge in [0.25, 0.3) is 0 Å². The number of hydrogen-bond acceptors (Lipinski definition) is 3. The molecule has 0 bridgehead atoms. The molecule has 0 spiro atoms. The fraction of sp³-hybridized carbons (Fsp3) is 0.143. The van der Waals surface area contributed by atoms with E-state index in [0.29, 0.717) is 15.7 Å². The molecule has 2 heterocycles. The Kier molecular flexibility index (Phi) is 3.28. The molecule has 0 atom stereocenters. The first-order chi connectivity index (χ1) is 9.61. The third-order valence-electron chi connectivity index (χ3n) is 3.20. The van der Waals surface area contributed by atoms with Crippen LogP contribution in [0.1, 0.15) is 6.92 Å². The first-order valence-electron chi connectivity index (χ1n) is 6.17. The van der Waals surface area contributed by atoms with Gasteiger partial charge >= 0.3 is 0 Å². The Morgan fingerprint density at radius 2 is 2.10 bits per heavy atom. The summed E-state index contributed by atoms with van der Waals surface area (Å²) in [5.41, 5.74) is 9.11. The van der Waals surface area contributed by atoms with Gasteiger partial charge in [-0.15, -0.1) is 0 Å². The zero-order chi connectivity index (χ0) is 14.3. The number of aryl methyl sites for hydroxylation is 1. The summed E-state index contributed by atoms with van der Waals surface area (Å²) >= 11 is 12.2. The molecule has 4 nitrogen and oxygen atoms in total. The molecule has 0 aliphatic heterocycles. The summed E-state index contributed by atoms with van der Waals surface area (Å²) in [5, 5.41) is 0.965. The number of fused-ring (bicyclic) bond motifs is 1. The average Bonchev–Trinajstić information content (AvgIpc) is 2.81. The third kappa shape index (κ3) is 2.01. The normalized spacial score (nSPS) is 11.2. The molecular formula is C14H12Cl2N4. The van der Waals surface area contributed by atoms with Crippen LogP contribution in [0.4, 0.5) is 5.69 Å². The molecule has 3 rings (SSSR count). The van der Waals surface area contributed by atoms with Crippen molar-refractivity contribution in [3.05, 3.63) is 40.6 Å². The van der Waals surface area contributed by atoms with E-state index in [1.807, 2.05) is 13.0 Å². The van der Waals surface area contributed by atoms with Gasteiger partial charge in [0.2, 0.25) is 0 Å². The van der Waals surface area contributed by atoms with E-state index in [9.17, 15) is 0 Å². The Labute approximate surface area is 126 Å². The molecule has 0 aliphatic rings. The van der Waals surface area contributed by atoms with E-state index in [-0.39, 0.29) is 0 Å². The maximum atomic E-state index is 6.10. The van der Waals surface area contributed by atoms with E-state index in [0.717, 1.165) is 29.0 Å². The topological polar surface area (TPSA) is 56.7 Å². The van der Waals surface area contributed by atoms with Crippen LogP contribution in [0.25, 0.3) is 22.4 Å². The molecule has 0 radical (unpaired) electrons. The second-order valence-corrected chi connectivity index (χ2v) is 5.24. The summed E-state index contributed by atoms with van der Waals surface area (Å²) < 4.78 is 2.06. The molecule has 0 unspecified atom stereocenters. The van der Waals surface area contributed by atoms with Gasteiger partial charge in [0.05, 0.1) is 22.4 Å². The average molecular weight is 307 g/mol. The van der Waals surface area contributed by atoms with Gasteiger partial charge in [0, 0.05) is 23.3 Å². The number of nitrogens with zero attached hydrogens (tertiary/aromatic N) is 3. The minimum Gasteiger partial charge on any atom is -0.397 e. The Hall–Kier alpha value is -1.78. The minimum absolute atomic E-state index is 0.431. The van der Waals surface area contributed by atoms with E-state index in [1.54, 1.807) is 24.5 Å². The number of benzene rings is 1. The van der Waals surface area contributed by atoms with Gasteiger partial charge in [-0.3, -0.25) is 4.98 Å². The lowest BCUT2D eigenvalue weighted by Crippen LogP contribution is -2.00. The van der Waals surface area contributed by atoms with E-state index >= 15 is 0 Å². The molecule has 0 saturated heterocycles. The first-order valence-corrected chi connectivity index (χ1v) is 6.92. The molecule has 102 valence electrons. The lowest BCUT2D eigenvalue weighted by atomic mass is 10.1. The van der Waals surface area contributed by atoms with Gasteiger partial charge in [0.15, 0.2) is 0 Å². The van der Waals surface area contributed by atoms with Crippen molar-refractivity contribution in [1.82, 2.24) is 14.5 Å².